The molecule has 4 rings (SSSR count). The van der Waals surface area contributed by atoms with E-state index >= 15 is 0 Å². The average molecular weight is 355 g/mol. The lowest BCUT2D eigenvalue weighted by Crippen LogP contribution is -2.50. The van der Waals surface area contributed by atoms with Gasteiger partial charge in [0.2, 0.25) is 6.79 Å². The van der Waals surface area contributed by atoms with E-state index in [4.69, 9.17) is 9.47 Å². The number of aliphatic hydroxyl groups is 1. The van der Waals surface area contributed by atoms with Gasteiger partial charge in [-0.25, -0.2) is 0 Å². The van der Waals surface area contributed by atoms with Crippen LogP contribution in [-0.2, 0) is 5.41 Å². The third-order valence-corrected chi connectivity index (χ3v) is 5.27. The van der Waals surface area contributed by atoms with Crippen molar-refractivity contribution in [3.63, 3.8) is 0 Å². The molecule has 0 spiro atoms. The predicted octanol–water partition coefficient (Wildman–Crippen LogP) is 2.29. The molecule has 2 aliphatic rings. The van der Waals surface area contributed by atoms with Gasteiger partial charge in [-0.15, -0.1) is 0 Å². The van der Waals surface area contributed by atoms with E-state index in [-0.39, 0.29) is 30.6 Å². The number of carbonyl (C=O) groups excluding carboxylic acids is 1. The number of piperidine rings is 1. The highest BCUT2D eigenvalue weighted by atomic mass is 16.7. The molecule has 1 atom stereocenters. The molecule has 0 bridgehead atoms. The lowest BCUT2D eigenvalue weighted by Gasteiger charge is -2.42. The van der Waals surface area contributed by atoms with Gasteiger partial charge >= 0.3 is 0 Å². The zero-order chi connectivity index (χ0) is 18.1. The maximum absolute atomic E-state index is 13.0. The van der Waals surface area contributed by atoms with Gasteiger partial charge in [0.05, 0.1) is 12.2 Å². The number of aromatic hydroxyl groups is 1. The zero-order valence-corrected chi connectivity index (χ0v) is 14.4. The normalized spacial score (nSPS) is 21.7. The molecule has 0 radical (unpaired) electrons. The Hall–Kier alpha value is -2.73. The van der Waals surface area contributed by atoms with E-state index in [0.717, 1.165) is 18.4 Å². The summed E-state index contributed by atoms with van der Waals surface area (Å²) in [5.41, 5.74) is 0.729. The number of fused-ring (bicyclic) bond motifs is 1. The van der Waals surface area contributed by atoms with E-state index in [1.54, 1.807) is 4.90 Å². The Bertz CT molecular complexity index is 822. The van der Waals surface area contributed by atoms with Gasteiger partial charge < -0.3 is 24.6 Å². The van der Waals surface area contributed by atoms with Crippen molar-refractivity contribution in [1.82, 2.24) is 4.90 Å². The van der Waals surface area contributed by atoms with Crippen LogP contribution in [-0.4, -0.2) is 47.5 Å². The van der Waals surface area contributed by atoms with Gasteiger partial charge in [-0.1, -0.05) is 30.3 Å². The molecular formula is C20H21NO5. The first kappa shape index (κ1) is 16.7. The van der Waals surface area contributed by atoms with Crippen molar-refractivity contribution in [2.75, 3.05) is 26.5 Å². The molecule has 0 aromatic heterocycles. The number of phenolic OH excluding ortho intramolecular Hbond substituents is 1. The largest absolute Gasteiger partial charge is 0.507 e. The number of ether oxygens (including phenoxy) is 2. The van der Waals surface area contributed by atoms with E-state index in [9.17, 15) is 15.0 Å². The Morgan fingerprint density at radius 2 is 1.88 bits per heavy atom. The van der Waals surface area contributed by atoms with Gasteiger partial charge in [0, 0.05) is 30.6 Å². The smallest absolute Gasteiger partial charge is 0.257 e. The Morgan fingerprint density at radius 3 is 2.62 bits per heavy atom. The van der Waals surface area contributed by atoms with Gasteiger partial charge in [-0.3, -0.25) is 4.79 Å². The summed E-state index contributed by atoms with van der Waals surface area (Å²) in [6.07, 6.45) is 1.59. The molecule has 1 saturated heterocycles. The molecule has 0 aliphatic carbocycles. The van der Waals surface area contributed by atoms with Crippen LogP contribution in [0.1, 0.15) is 28.8 Å². The fourth-order valence-corrected chi connectivity index (χ4v) is 3.83. The third-order valence-electron chi connectivity index (χ3n) is 5.27. The van der Waals surface area contributed by atoms with E-state index in [0.29, 0.717) is 24.6 Å². The van der Waals surface area contributed by atoms with E-state index in [1.165, 1.54) is 12.1 Å². The second kappa shape index (κ2) is 6.53. The molecular weight excluding hydrogens is 334 g/mol. The third kappa shape index (κ3) is 2.76. The Kier molecular flexibility index (Phi) is 4.20. The number of benzene rings is 2. The topological polar surface area (TPSA) is 79.2 Å². The van der Waals surface area contributed by atoms with E-state index < -0.39 is 5.41 Å². The number of likely N-dealkylation sites (tertiary alicyclic amines) is 1. The summed E-state index contributed by atoms with van der Waals surface area (Å²) in [4.78, 5) is 14.7. The number of hydrogen-bond donors (Lipinski definition) is 2. The molecule has 1 amide bonds. The summed E-state index contributed by atoms with van der Waals surface area (Å²) in [7, 11) is 0. The monoisotopic (exact) mass is 355 g/mol. The molecule has 2 aromatic carbocycles. The maximum Gasteiger partial charge on any atom is 0.257 e. The van der Waals surface area contributed by atoms with Gasteiger partial charge in [0.1, 0.15) is 5.75 Å². The molecule has 2 aromatic rings. The molecule has 0 saturated carbocycles. The van der Waals surface area contributed by atoms with Crippen LogP contribution in [0.4, 0.5) is 0 Å². The highest BCUT2D eigenvalue weighted by molar-refractivity contribution is 5.98. The van der Waals surface area contributed by atoms with Crippen LogP contribution >= 0.6 is 0 Å². The van der Waals surface area contributed by atoms with Crippen LogP contribution in [0, 0.1) is 0 Å². The average Bonchev–Trinajstić information content (AvgIpc) is 3.14. The first-order valence-corrected chi connectivity index (χ1v) is 8.71. The van der Waals surface area contributed by atoms with Crippen LogP contribution in [0.3, 0.4) is 0 Å². The molecule has 2 heterocycles. The number of amides is 1. The summed E-state index contributed by atoms with van der Waals surface area (Å²) in [5.74, 6) is 0.500. The highest BCUT2D eigenvalue weighted by Crippen LogP contribution is 2.39. The maximum atomic E-state index is 13.0. The molecule has 1 fully saturated rings. The highest BCUT2D eigenvalue weighted by Gasteiger charge is 2.39. The Morgan fingerprint density at radius 1 is 1.15 bits per heavy atom. The summed E-state index contributed by atoms with van der Waals surface area (Å²) in [6.45, 7) is 1.03. The van der Waals surface area contributed by atoms with Crippen molar-refractivity contribution < 1.29 is 24.5 Å². The first-order chi connectivity index (χ1) is 12.6. The van der Waals surface area contributed by atoms with Gasteiger partial charge in [-0.2, -0.15) is 0 Å². The summed E-state index contributed by atoms with van der Waals surface area (Å²) < 4.78 is 10.5. The molecule has 6 nitrogen and oxygen atoms in total. The van der Waals surface area contributed by atoms with Gasteiger partial charge in [0.25, 0.3) is 5.91 Å². The zero-order valence-electron chi connectivity index (χ0n) is 14.4. The fourth-order valence-electron chi connectivity index (χ4n) is 3.83. The minimum Gasteiger partial charge on any atom is -0.507 e. The van der Waals surface area contributed by atoms with Crippen LogP contribution in [0.5, 0.6) is 17.2 Å². The van der Waals surface area contributed by atoms with Gasteiger partial charge in [0.15, 0.2) is 11.5 Å². The number of aliphatic hydroxyl groups excluding tert-OH is 1. The van der Waals surface area contributed by atoms with Crippen molar-refractivity contribution in [1.29, 1.82) is 0 Å². The number of rotatable bonds is 3. The van der Waals surface area contributed by atoms with Crippen molar-refractivity contribution in [3.05, 3.63) is 53.6 Å². The predicted molar refractivity (Wildman–Crippen MR) is 94.6 cm³/mol. The Labute approximate surface area is 151 Å². The van der Waals surface area contributed by atoms with Gasteiger partial charge in [-0.05, 0) is 18.4 Å². The minimum atomic E-state index is -0.485. The van der Waals surface area contributed by atoms with E-state index in [1.807, 2.05) is 30.3 Å². The van der Waals surface area contributed by atoms with Crippen molar-refractivity contribution in [2.24, 2.45) is 0 Å². The second-order valence-corrected chi connectivity index (χ2v) is 6.86. The standard InChI is InChI=1S/C20H21NO5/c22-12-20(14-5-2-1-3-6-14)7-4-8-21(11-20)19(24)15-9-17-18(10-16(15)23)26-13-25-17/h1-3,5-6,9-10,22-23H,4,7-8,11-13H2. The Balaban J connectivity index is 1.63. The number of hydrogen-bond acceptors (Lipinski definition) is 5. The fraction of sp³-hybridized carbons (Fsp3) is 0.350. The van der Waals surface area contributed by atoms with Crippen LogP contribution in [0.25, 0.3) is 0 Å². The van der Waals surface area contributed by atoms with Crippen molar-refractivity contribution in [3.8, 4) is 17.2 Å². The summed E-state index contributed by atoms with van der Waals surface area (Å²) in [5, 5.41) is 20.4. The number of carbonyl (C=O) groups is 1. The number of nitrogens with zero attached hydrogens (tertiary/aromatic N) is 1. The van der Waals surface area contributed by atoms with Crippen LogP contribution in [0.15, 0.2) is 42.5 Å². The molecule has 2 aliphatic heterocycles. The lowest BCUT2D eigenvalue weighted by molar-refractivity contribution is 0.0540. The van der Waals surface area contributed by atoms with Crippen LogP contribution in [0.2, 0.25) is 0 Å². The van der Waals surface area contributed by atoms with Crippen molar-refractivity contribution in [2.45, 2.75) is 18.3 Å². The minimum absolute atomic E-state index is 0.0338. The quantitative estimate of drug-likeness (QED) is 0.883. The molecule has 1 unspecified atom stereocenters. The first-order valence-electron chi connectivity index (χ1n) is 8.71. The van der Waals surface area contributed by atoms with E-state index in [2.05, 4.69) is 0 Å². The van der Waals surface area contributed by atoms with Crippen LogP contribution < -0.4 is 9.47 Å². The van der Waals surface area contributed by atoms with Crippen molar-refractivity contribution >= 4 is 5.91 Å². The molecule has 2 N–H and O–H groups in total. The molecule has 6 heteroatoms. The number of phenols is 1. The second-order valence-electron chi connectivity index (χ2n) is 6.86. The SMILES string of the molecule is O=C(c1cc2c(cc1O)OCO2)N1CCCC(CO)(c2ccccc2)C1. The molecule has 26 heavy (non-hydrogen) atoms. The summed E-state index contributed by atoms with van der Waals surface area (Å²) >= 11 is 0. The molecule has 136 valence electrons. The lowest BCUT2D eigenvalue weighted by atomic mass is 9.74. The summed E-state index contributed by atoms with van der Waals surface area (Å²) in [6, 6.07) is 12.7.